The number of nitrogens with zero attached hydrogens (tertiary/aromatic N) is 2. The summed E-state index contributed by atoms with van der Waals surface area (Å²) in [5, 5.41) is 9.45. The molecule has 0 fully saturated rings. The Morgan fingerprint density at radius 1 is 1.38 bits per heavy atom. The minimum atomic E-state index is -0.148. The van der Waals surface area contributed by atoms with Crippen LogP contribution in [0.4, 0.5) is 0 Å². The molecular weight excluding hydrogens is 228 g/mol. The summed E-state index contributed by atoms with van der Waals surface area (Å²) in [5.74, 6) is 0.961. The molecule has 0 radical (unpaired) electrons. The first kappa shape index (κ1) is 10.9. The molecule has 82 valence electrons. The molecule has 0 spiro atoms. The van der Waals surface area contributed by atoms with Gasteiger partial charge in [0.15, 0.2) is 0 Å². The van der Waals surface area contributed by atoms with Crippen molar-refractivity contribution in [1.29, 1.82) is 0 Å². The molecule has 0 aliphatic carbocycles. The summed E-state index contributed by atoms with van der Waals surface area (Å²) in [5.41, 5.74) is 0.579. The second kappa shape index (κ2) is 4.92. The van der Waals surface area contributed by atoms with Gasteiger partial charge in [-0.2, -0.15) is 0 Å². The third-order valence-corrected chi connectivity index (χ3v) is 2.28. The minimum Gasteiger partial charge on any atom is -0.437 e. The fourth-order valence-corrected chi connectivity index (χ4v) is 1.33. The lowest BCUT2D eigenvalue weighted by Gasteiger charge is -2.06. The van der Waals surface area contributed by atoms with Gasteiger partial charge in [0.1, 0.15) is 5.75 Å². The van der Waals surface area contributed by atoms with Crippen LogP contribution in [-0.4, -0.2) is 15.1 Å². The van der Waals surface area contributed by atoms with Gasteiger partial charge >= 0.3 is 0 Å². The molecular formula is C11H9ClN2O2. The van der Waals surface area contributed by atoms with E-state index in [9.17, 15) is 0 Å². The van der Waals surface area contributed by atoms with Crippen molar-refractivity contribution in [3.05, 3.63) is 47.4 Å². The standard InChI is InChI=1S/C11H9ClN2O2/c12-10-6-14-11(4-8(10)7-15)16-9-2-1-3-13-5-9/h1-6,15H,7H2. The lowest BCUT2D eigenvalue weighted by atomic mass is 10.3. The summed E-state index contributed by atoms with van der Waals surface area (Å²) in [4.78, 5) is 7.90. The summed E-state index contributed by atoms with van der Waals surface area (Å²) >= 11 is 5.81. The van der Waals surface area contributed by atoms with E-state index in [1.54, 1.807) is 30.6 Å². The Balaban J connectivity index is 2.22. The number of hydrogen-bond donors (Lipinski definition) is 1. The molecule has 2 rings (SSSR count). The predicted molar refractivity (Wildman–Crippen MR) is 59.5 cm³/mol. The van der Waals surface area contributed by atoms with E-state index in [1.165, 1.54) is 6.20 Å². The first-order valence-electron chi connectivity index (χ1n) is 4.63. The van der Waals surface area contributed by atoms with E-state index in [1.807, 2.05) is 0 Å². The summed E-state index contributed by atoms with van der Waals surface area (Å²) < 4.78 is 5.43. The Morgan fingerprint density at radius 2 is 2.25 bits per heavy atom. The van der Waals surface area contributed by atoms with Gasteiger partial charge in [-0.1, -0.05) is 11.6 Å². The lowest BCUT2D eigenvalue weighted by molar-refractivity contribution is 0.281. The SMILES string of the molecule is OCc1cc(Oc2cccnc2)ncc1Cl. The number of rotatable bonds is 3. The molecule has 0 saturated carbocycles. The van der Waals surface area contributed by atoms with Crippen molar-refractivity contribution in [3.8, 4) is 11.6 Å². The summed E-state index contributed by atoms with van der Waals surface area (Å²) in [6, 6.07) is 5.12. The van der Waals surface area contributed by atoms with Crippen molar-refractivity contribution >= 4 is 11.6 Å². The molecule has 0 aliphatic heterocycles. The normalized spacial score (nSPS) is 10.1. The second-order valence-electron chi connectivity index (χ2n) is 3.06. The van der Waals surface area contributed by atoms with Gasteiger partial charge in [-0.15, -0.1) is 0 Å². The Labute approximate surface area is 97.5 Å². The Morgan fingerprint density at radius 3 is 2.94 bits per heavy atom. The molecule has 0 aliphatic rings. The van der Waals surface area contributed by atoms with E-state index in [0.717, 1.165) is 0 Å². The molecule has 1 N–H and O–H groups in total. The molecule has 0 atom stereocenters. The van der Waals surface area contributed by atoms with Crippen molar-refractivity contribution in [3.63, 3.8) is 0 Å². The number of hydrogen-bond acceptors (Lipinski definition) is 4. The largest absolute Gasteiger partial charge is 0.437 e. The first-order chi connectivity index (χ1) is 7.79. The smallest absolute Gasteiger partial charge is 0.219 e. The van der Waals surface area contributed by atoms with Gasteiger partial charge in [-0.25, -0.2) is 4.98 Å². The van der Waals surface area contributed by atoms with Gasteiger partial charge < -0.3 is 9.84 Å². The maximum absolute atomic E-state index is 9.03. The van der Waals surface area contributed by atoms with E-state index < -0.39 is 0 Å². The van der Waals surface area contributed by atoms with Crippen LogP contribution in [0.3, 0.4) is 0 Å². The third kappa shape index (κ3) is 2.48. The zero-order chi connectivity index (χ0) is 11.4. The second-order valence-corrected chi connectivity index (χ2v) is 3.47. The number of aromatic nitrogens is 2. The van der Waals surface area contributed by atoms with Crippen LogP contribution in [0.15, 0.2) is 36.8 Å². The average molecular weight is 237 g/mol. The molecule has 0 unspecified atom stereocenters. The Kier molecular flexibility index (Phi) is 3.34. The monoisotopic (exact) mass is 236 g/mol. The molecule has 0 aromatic carbocycles. The lowest BCUT2D eigenvalue weighted by Crippen LogP contribution is -1.92. The van der Waals surface area contributed by atoms with Crippen molar-refractivity contribution < 1.29 is 9.84 Å². The maximum atomic E-state index is 9.03. The van der Waals surface area contributed by atoms with Crippen LogP contribution in [0.2, 0.25) is 5.02 Å². The highest BCUT2D eigenvalue weighted by molar-refractivity contribution is 6.31. The fraction of sp³-hybridized carbons (Fsp3) is 0.0909. The minimum absolute atomic E-state index is 0.148. The highest BCUT2D eigenvalue weighted by Gasteiger charge is 2.04. The molecule has 5 heteroatoms. The van der Waals surface area contributed by atoms with Gasteiger partial charge in [0.05, 0.1) is 17.8 Å². The molecule has 2 heterocycles. The zero-order valence-corrected chi connectivity index (χ0v) is 9.05. The third-order valence-electron chi connectivity index (χ3n) is 1.94. The van der Waals surface area contributed by atoms with Gasteiger partial charge in [-0.05, 0) is 12.1 Å². The molecule has 2 aromatic heterocycles. The quantitative estimate of drug-likeness (QED) is 0.889. The number of aliphatic hydroxyl groups is 1. The van der Waals surface area contributed by atoms with Crippen LogP contribution in [0, 0.1) is 0 Å². The molecule has 16 heavy (non-hydrogen) atoms. The van der Waals surface area contributed by atoms with Gasteiger partial charge in [0, 0.05) is 24.0 Å². The van der Waals surface area contributed by atoms with E-state index in [2.05, 4.69) is 9.97 Å². The van der Waals surface area contributed by atoms with E-state index in [0.29, 0.717) is 22.2 Å². The highest BCUT2D eigenvalue weighted by atomic mass is 35.5. The predicted octanol–water partition coefficient (Wildman–Crippen LogP) is 2.41. The van der Waals surface area contributed by atoms with Crippen molar-refractivity contribution in [2.75, 3.05) is 0 Å². The van der Waals surface area contributed by atoms with E-state index >= 15 is 0 Å². The van der Waals surface area contributed by atoms with Gasteiger partial charge in [-0.3, -0.25) is 4.98 Å². The van der Waals surface area contributed by atoms with Crippen LogP contribution in [0.1, 0.15) is 5.56 Å². The van der Waals surface area contributed by atoms with Crippen LogP contribution in [0.25, 0.3) is 0 Å². The molecule has 0 amide bonds. The number of ether oxygens (including phenoxy) is 1. The zero-order valence-electron chi connectivity index (χ0n) is 8.30. The maximum Gasteiger partial charge on any atom is 0.219 e. The molecule has 0 bridgehead atoms. The fourth-order valence-electron chi connectivity index (χ4n) is 1.16. The average Bonchev–Trinajstić information content (AvgIpc) is 2.33. The Hall–Kier alpha value is -1.65. The summed E-state index contributed by atoms with van der Waals surface area (Å²) in [6.07, 6.45) is 4.68. The van der Waals surface area contributed by atoms with Gasteiger partial charge in [0.25, 0.3) is 0 Å². The van der Waals surface area contributed by atoms with Crippen molar-refractivity contribution in [2.24, 2.45) is 0 Å². The van der Waals surface area contributed by atoms with E-state index in [-0.39, 0.29) is 6.61 Å². The van der Waals surface area contributed by atoms with Crippen LogP contribution < -0.4 is 4.74 Å². The number of halogens is 1. The Bertz CT molecular complexity index is 477. The van der Waals surface area contributed by atoms with Crippen molar-refractivity contribution in [2.45, 2.75) is 6.61 Å². The summed E-state index contributed by atoms with van der Waals surface area (Å²) in [7, 11) is 0. The first-order valence-corrected chi connectivity index (χ1v) is 5.00. The molecule has 0 saturated heterocycles. The van der Waals surface area contributed by atoms with Crippen LogP contribution in [-0.2, 0) is 6.61 Å². The molecule has 2 aromatic rings. The van der Waals surface area contributed by atoms with Crippen LogP contribution in [0.5, 0.6) is 11.6 Å². The van der Waals surface area contributed by atoms with E-state index in [4.69, 9.17) is 21.4 Å². The molecule has 4 nitrogen and oxygen atoms in total. The number of pyridine rings is 2. The topological polar surface area (TPSA) is 55.2 Å². The van der Waals surface area contributed by atoms with Crippen LogP contribution >= 0.6 is 11.6 Å². The van der Waals surface area contributed by atoms with Gasteiger partial charge in [0.2, 0.25) is 5.88 Å². The summed E-state index contributed by atoms with van der Waals surface area (Å²) in [6.45, 7) is -0.148. The number of aliphatic hydroxyl groups excluding tert-OH is 1. The van der Waals surface area contributed by atoms with Crippen molar-refractivity contribution in [1.82, 2.24) is 9.97 Å². The highest BCUT2D eigenvalue weighted by Crippen LogP contribution is 2.23.